The Balaban J connectivity index is 0.00000108. The summed E-state index contributed by atoms with van der Waals surface area (Å²) in [6.45, 7) is 15.6. The molecule has 0 saturated carbocycles. The third kappa shape index (κ3) is 37.0. The van der Waals surface area contributed by atoms with E-state index in [2.05, 4.69) is 43.5 Å². The van der Waals surface area contributed by atoms with Crippen molar-refractivity contribution in [3.63, 3.8) is 0 Å². The van der Waals surface area contributed by atoms with E-state index >= 15 is 0 Å². The Morgan fingerprint density at radius 2 is 0.854 bits per heavy atom. The van der Waals surface area contributed by atoms with Crippen LogP contribution in [0.4, 0.5) is 0 Å². The number of rotatable bonds is 26. The Labute approximate surface area is 552 Å². The molecule has 5 aliphatic heterocycles. The van der Waals surface area contributed by atoms with Gasteiger partial charge in [0.05, 0.1) is 35.0 Å². The van der Waals surface area contributed by atoms with E-state index in [1.807, 2.05) is 75.2 Å². The van der Waals surface area contributed by atoms with Gasteiger partial charge < -0.3 is 30.4 Å². The maximum atomic E-state index is 11.9. The molecule has 3 fully saturated rings. The number of hydrogen-bond donors (Lipinski definition) is 3. The lowest BCUT2D eigenvalue weighted by atomic mass is 10.4. The van der Waals surface area contributed by atoms with Gasteiger partial charge in [-0.3, -0.25) is 57.9 Å². The van der Waals surface area contributed by atoms with Crippen molar-refractivity contribution in [3.8, 4) is 0 Å². The normalized spacial score (nSPS) is 17.0. The number of carbonyl (C=O) groups excluding carboxylic acids is 15. The molecule has 3 unspecified atom stereocenters. The highest BCUT2D eigenvalue weighted by Crippen LogP contribution is 2.32. The van der Waals surface area contributed by atoms with Crippen LogP contribution in [0.25, 0.3) is 0 Å². The first-order valence-electron chi connectivity index (χ1n) is 26.8. The molecule has 37 heteroatoms. The van der Waals surface area contributed by atoms with Crippen LogP contribution in [0.5, 0.6) is 0 Å². The van der Waals surface area contributed by atoms with Crippen molar-refractivity contribution in [1.82, 2.24) is 35.6 Å². The second-order valence-corrected chi connectivity index (χ2v) is 28.9. The van der Waals surface area contributed by atoms with Crippen molar-refractivity contribution >= 4 is 189 Å². The first kappa shape index (κ1) is 83.8. The summed E-state index contributed by atoms with van der Waals surface area (Å²) in [6, 6.07) is 5.78. The van der Waals surface area contributed by atoms with Gasteiger partial charge in [-0.05, 0) is 72.9 Å². The Bertz CT molecular complexity index is 2510. The summed E-state index contributed by atoms with van der Waals surface area (Å²) in [5, 5.41) is 12.9. The van der Waals surface area contributed by atoms with E-state index in [4.69, 9.17) is 10.9 Å². The van der Waals surface area contributed by atoms with Crippen LogP contribution in [0, 0.1) is 0 Å². The lowest BCUT2D eigenvalue weighted by molar-refractivity contribution is -0.195. The minimum atomic E-state index is -0.699. The van der Waals surface area contributed by atoms with Crippen LogP contribution in [0.1, 0.15) is 101 Å². The van der Waals surface area contributed by atoms with E-state index in [1.165, 1.54) is 56.1 Å². The van der Waals surface area contributed by atoms with Gasteiger partial charge in [0.2, 0.25) is 5.91 Å². The minimum absolute atomic E-state index is 0.0394. The summed E-state index contributed by atoms with van der Waals surface area (Å²) in [6.07, 6.45) is 9.06. The van der Waals surface area contributed by atoms with Crippen LogP contribution in [0.3, 0.4) is 0 Å². The number of pyridine rings is 1. The molecule has 3 atom stereocenters. The fourth-order valence-corrected chi connectivity index (χ4v) is 15.2. The molecule has 89 heavy (non-hydrogen) atoms. The first-order chi connectivity index (χ1) is 42.2. The van der Waals surface area contributed by atoms with E-state index in [1.54, 1.807) is 27.8 Å². The molecule has 0 bridgehead atoms. The summed E-state index contributed by atoms with van der Waals surface area (Å²) in [4.78, 5) is 187. The average Bonchev–Trinajstić information content (AvgIpc) is 4.44. The van der Waals surface area contributed by atoms with E-state index in [9.17, 15) is 71.9 Å². The molecule has 0 radical (unpaired) electrons. The molecule has 1 aromatic rings. The molecular formula is C52H74N8O20S9. The standard InChI is InChI=1S/C14H16N2O4S3.2C11H17NO4S3.C6H5NO4.C4H3NO3.C4H9NO.C2H7N/c1-10(17)20-16-13(18)9-11(14(16)19)21-7-4-8-22-23-12-5-2-3-6-15-12;2*1-3-18-19-6-4-5-17-9-7-10(14)12(11(9)15)16-8(2)13;1-4(8)11-7-5(9)2-3-6(7)10;6-3-1-2-4(7)5(3)8;1-3-5-4(2)6;1-2-3/h2-3,5-6,11H,4,7-9H2,1H3;2*9H,3-7H2,1-2H3;2-3H,1H3;1-2,8H;3H2,1-2H3,(H,5,6);2-3H2,1H3. The van der Waals surface area contributed by atoms with E-state index in [0.717, 1.165) is 122 Å². The van der Waals surface area contributed by atoms with Crippen LogP contribution >= 0.6 is 100 Å². The van der Waals surface area contributed by atoms with Crippen LogP contribution in [-0.2, 0) is 91.3 Å². The molecule has 496 valence electrons. The predicted octanol–water partition coefficient (Wildman–Crippen LogP) is 5.58. The number of carbonyl (C=O) groups is 15. The van der Waals surface area contributed by atoms with Crippen molar-refractivity contribution < 1.29 is 96.5 Å². The lowest BCUT2D eigenvalue weighted by Crippen LogP contribution is -2.33. The fraction of sp³-hybridized carbons (Fsp3) is 0.538. The van der Waals surface area contributed by atoms with Crippen molar-refractivity contribution in [2.45, 2.75) is 122 Å². The van der Waals surface area contributed by atoms with E-state index in [0.29, 0.717) is 20.3 Å². The molecule has 5 aliphatic rings. The first-order valence-corrected chi connectivity index (χ1v) is 37.3. The van der Waals surface area contributed by atoms with Gasteiger partial charge in [-0.1, -0.05) is 85.9 Å². The molecule has 6 heterocycles. The number of hydrogen-bond acceptors (Lipinski definition) is 31. The van der Waals surface area contributed by atoms with Crippen LogP contribution in [0.15, 0.2) is 53.7 Å². The number of aromatic nitrogens is 1. The topological polar surface area (TPSA) is 380 Å². The Morgan fingerprint density at radius 3 is 1.12 bits per heavy atom. The zero-order valence-electron chi connectivity index (χ0n) is 50.3. The second-order valence-electron chi connectivity index (χ2n) is 16.8. The Morgan fingerprint density at radius 1 is 0.517 bits per heavy atom. The monoisotopic (exact) mass is 1420 g/mol. The van der Waals surface area contributed by atoms with Gasteiger partial charge in [0.15, 0.2) is 0 Å². The second kappa shape index (κ2) is 49.5. The van der Waals surface area contributed by atoms with Crippen LogP contribution in [-0.4, -0.2) is 199 Å². The molecule has 1 aromatic heterocycles. The Hall–Kier alpha value is -5.25. The SMILES string of the molecule is CC(=O)ON1C(=O)C=CC1=O.CC(=O)ON1C(=O)CC(SCCCSSc2ccccn2)C1=O.CCN.CCNC(C)=O.CCSSCCCSC1CC(=O)N(OC(C)=O)C1=O.CCSSCCCSC1CC(=O)N(OC(C)=O)C1=O.O=C1C=CC(=O)N1O. The number of nitrogens with one attached hydrogen (secondary N) is 1. The number of hydroxylamine groups is 10. The van der Waals surface area contributed by atoms with Gasteiger partial charge in [0.25, 0.3) is 59.1 Å². The lowest BCUT2D eigenvalue weighted by Gasteiger charge is -2.12. The maximum absolute atomic E-state index is 11.9. The number of nitrogens with zero attached hydrogens (tertiary/aromatic N) is 6. The molecule has 3 saturated heterocycles. The van der Waals surface area contributed by atoms with Gasteiger partial charge >= 0.3 is 23.9 Å². The highest BCUT2D eigenvalue weighted by Gasteiger charge is 2.43. The molecule has 0 spiro atoms. The number of nitrogens with two attached hydrogens (primary N) is 1. The van der Waals surface area contributed by atoms with Crippen molar-refractivity contribution in [2.75, 3.05) is 59.1 Å². The van der Waals surface area contributed by atoms with Crippen molar-refractivity contribution in [3.05, 3.63) is 48.7 Å². The zero-order chi connectivity index (χ0) is 67.4. The zero-order valence-corrected chi connectivity index (χ0v) is 57.7. The van der Waals surface area contributed by atoms with Crippen molar-refractivity contribution in [2.24, 2.45) is 5.73 Å². The average molecular weight is 1420 g/mol. The van der Waals surface area contributed by atoms with E-state index in [-0.39, 0.29) is 30.2 Å². The highest BCUT2D eigenvalue weighted by molar-refractivity contribution is 8.77. The van der Waals surface area contributed by atoms with Gasteiger partial charge in [0.1, 0.15) is 5.03 Å². The van der Waals surface area contributed by atoms with Crippen LogP contribution < -0.4 is 11.1 Å². The van der Waals surface area contributed by atoms with Gasteiger partial charge in [-0.15, -0.1) is 55.5 Å². The molecule has 28 nitrogen and oxygen atoms in total. The highest BCUT2D eigenvalue weighted by atomic mass is 33.1. The van der Waals surface area contributed by atoms with Gasteiger partial charge in [-0.25, -0.2) is 24.2 Å². The number of imide groups is 5. The predicted molar refractivity (Wildman–Crippen MR) is 346 cm³/mol. The molecule has 11 amide bonds. The van der Waals surface area contributed by atoms with Crippen LogP contribution in [0.2, 0.25) is 0 Å². The third-order valence-corrected chi connectivity index (χ3v) is 20.7. The van der Waals surface area contributed by atoms with Crippen molar-refractivity contribution in [1.29, 1.82) is 0 Å². The Kier molecular flexibility index (Phi) is 46.5. The minimum Gasteiger partial charge on any atom is -0.357 e. The summed E-state index contributed by atoms with van der Waals surface area (Å²) in [5.74, 6) is -0.266. The summed E-state index contributed by atoms with van der Waals surface area (Å²) >= 11 is 4.35. The quantitative estimate of drug-likeness (QED) is 0.0441. The smallest absolute Gasteiger partial charge is 0.330 e. The van der Waals surface area contributed by atoms with E-state index < -0.39 is 98.7 Å². The maximum Gasteiger partial charge on any atom is 0.330 e. The summed E-state index contributed by atoms with van der Waals surface area (Å²) < 4.78 is 0. The molecule has 0 aromatic carbocycles. The number of thioether (sulfide) groups is 3. The fourth-order valence-electron chi connectivity index (χ4n) is 5.87. The molecular weight excluding hydrogens is 1350 g/mol. The van der Waals surface area contributed by atoms with Gasteiger partial charge in [0, 0.05) is 100 Å². The summed E-state index contributed by atoms with van der Waals surface area (Å²) in [5.41, 5.74) is 4.85. The largest absolute Gasteiger partial charge is 0.357 e. The molecule has 0 aliphatic carbocycles. The third-order valence-electron chi connectivity index (χ3n) is 9.30. The number of amides is 11. The molecule has 4 N–H and O–H groups in total. The summed E-state index contributed by atoms with van der Waals surface area (Å²) in [7, 11) is 10.6. The molecule has 6 rings (SSSR count). The van der Waals surface area contributed by atoms with Gasteiger partial charge in [-0.2, -0.15) is 0 Å².